The zero-order valence-corrected chi connectivity index (χ0v) is 12.5. The van der Waals surface area contributed by atoms with Crippen molar-refractivity contribution in [1.29, 1.82) is 0 Å². The number of carbonyl (C=O) groups is 1. The van der Waals surface area contributed by atoms with Crippen LogP contribution < -0.4 is 5.32 Å². The number of amides is 1. The Balaban J connectivity index is 2.11. The minimum Gasteiger partial charge on any atom is -0.320 e. The molecular formula is C15H10Cl3NO. The molecule has 0 fully saturated rings. The maximum atomic E-state index is 11.8. The summed E-state index contributed by atoms with van der Waals surface area (Å²) >= 11 is 17.8. The van der Waals surface area contributed by atoms with Gasteiger partial charge in [-0.05, 0) is 23.8 Å². The number of rotatable bonds is 3. The highest BCUT2D eigenvalue weighted by Gasteiger charge is 2.09. The minimum atomic E-state index is -0.319. The molecule has 0 saturated carbocycles. The van der Waals surface area contributed by atoms with Gasteiger partial charge in [-0.3, -0.25) is 4.79 Å². The van der Waals surface area contributed by atoms with Crippen LogP contribution in [0.2, 0.25) is 15.1 Å². The molecule has 5 heteroatoms. The molecule has 2 rings (SSSR count). The summed E-state index contributed by atoms with van der Waals surface area (Å²) in [5, 5.41) is 3.63. The number of hydrogen-bond acceptors (Lipinski definition) is 1. The number of anilines is 1. The second-order valence-corrected chi connectivity index (χ2v) is 5.23. The molecule has 0 atom stereocenters. The lowest BCUT2D eigenvalue weighted by atomic mass is 10.2. The lowest BCUT2D eigenvalue weighted by Gasteiger charge is -2.07. The van der Waals surface area contributed by atoms with Gasteiger partial charge in [0, 0.05) is 11.1 Å². The summed E-state index contributed by atoms with van der Waals surface area (Å²) in [5.41, 5.74) is 1.27. The average Bonchev–Trinajstić information content (AvgIpc) is 2.42. The summed E-state index contributed by atoms with van der Waals surface area (Å²) < 4.78 is 0. The third kappa shape index (κ3) is 4.01. The van der Waals surface area contributed by atoms with E-state index in [4.69, 9.17) is 34.8 Å². The molecule has 0 spiro atoms. The molecule has 2 aromatic rings. The topological polar surface area (TPSA) is 29.1 Å². The first-order chi connectivity index (χ1) is 9.56. The Labute approximate surface area is 132 Å². The highest BCUT2D eigenvalue weighted by atomic mass is 35.5. The van der Waals surface area contributed by atoms with E-state index in [0.717, 1.165) is 5.56 Å². The number of carbonyl (C=O) groups excluding carboxylic acids is 1. The highest BCUT2D eigenvalue weighted by Crippen LogP contribution is 2.33. The van der Waals surface area contributed by atoms with E-state index in [2.05, 4.69) is 5.32 Å². The Morgan fingerprint density at radius 2 is 1.60 bits per heavy atom. The molecule has 0 aliphatic rings. The van der Waals surface area contributed by atoms with Gasteiger partial charge in [0.15, 0.2) is 0 Å². The van der Waals surface area contributed by atoms with Crippen molar-refractivity contribution in [2.75, 3.05) is 5.32 Å². The van der Waals surface area contributed by atoms with Crippen LogP contribution in [0.3, 0.4) is 0 Å². The Kier molecular flexibility index (Phi) is 5.07. The maximum absolute atomic E-state index is 11.8. The molecule has 0 bridgehead atoms. The second-order valence-electron chi connectivity index (χ2n) is 3.98. The Bertz CT molecular complexity index is 630. The lowest BCUT2D eigenvalue weighted by molar-refractivity contribution is -0.111. The van der Waals surface area contributed by atoms with Crippen LogP contribution in [0.25, 0.3) is 6.08 Å². The normalized spacial score (nSPS) is 10.8. The molecule has 20 heavy (non-hydrogen) atoms. The molecular weight excluding hydrogens is 317 g/mol. The molecule has 102 valence electrons. The van der Waals surface area contributed by atoms with Crippen LogP contribution in [0.1, 0.15) is 5.56 Å². The van der Waals surface area contributed by atoms with Gasteiger partial charge in [-0.1, -0.05) is 65.1 Å². The molecule has 0 radical (unpaired) electrons. The Morgan fingerprint density at radius 1 is 1.00 bits per heavy atom. The van der Waals surface area contributed by atoms with Gasteiger partial charge in [-0.25, -0.2) is 0 Å². The van der Waals surface area contributed by atoms with E-state index >= 15 is 0 Å². The molecule has 0 aliphatic heterocycles. The molecule has 2 aromatic carbocycles. The smallest absolute Gasteiger partial charge is 0.248 e. The molecule has 0 saturated heterocycles. The quantitative estimate of drug-likeness (QED) is 0.762. The summed E-state index contributed by atoms with van der Waals surface area (Å²) in [5.74, 6) is -0.319. The van der Waals surface area contributed by atoms with Crippen molar-refractivity contribution in [2.45, 2.75) is 0 Å². The van der Waals surface area contributed by atoms with Gasteiger partial charge in [-0.2, -0.15) is 0 Å². The van der Waals surface area contributed by atoms with Gasteiger partial charge in [0.2, 0.25) is 5.91 Å². The largest absolute Gasteiger partial charge is 0.320 e. The van der Waals surface area contributed by atoms with Gasteiger partial charge in [0.25, 0.3) is 0 Å². The average molecular weight is 327 g/mol. The monoisotopic (exact) mass is 325 g/mol. The van der Waals surface area contributed by atoms with Crippen molar-refractivity contribution < 1.29 is 4.79 Å². The summed E-state index contributed by atoms with van der Waals surface area (Å²) in [4.78, 5) is 11.8. The summed E-state index contributed by atoms with van der Waals surface area (Å²) in [6.45, 7) is 0. The molecule has 1 N–H and O–H groups in total. The standard InChI is InChI=1S/C15H10Cl3NO/c16-11-8-12(17)15(13(18)9-11)19-14(20)7-6-10-4-2-1-3-5-10/h1-9H,(H,19,20). The van der Waals surface area contributed by atoms with Crippen LogP contribution in [0.5, 0.6) is 0 Å². The van der Waals surface area contributed by atoms with Gasteiger partial charge < -0.3 is 5.32 Å². The lowest BCUT2D eigenvalue weighted by Crippen LogP contribution is -2.08. The second kappa shape index (κ2) is 6.80. The van der Waals surface area contributed by atoms with Crippen molar-refractivity contribution in [3.8, 4) is 0 Å². The molecule has 0 heterocycles. The van der Waals surface area contributed by atoms with E-state index in [1.807, 2.05) is 30.3 Å². The Morgan fingerprint density at radius 3 is 2.20 bits per heavy atom. The van der Waals surface area contributed by atoms with Crippen molar-refractivity contribution in [2.24, 2.45) is 0 Å². The van der Waals surface area contributed by atoms with Crippen LogP contribution >= 0.6 is 34.8 Å². The summed E-state index contributed by atoms with van der Waals surface area (Å²) in [6, 6.07) is 12.5. The van der Waals surface area contributed by atoms with Gasteiger partial charge in [-0.15, -0.1) is 0 Å². The SMILES string of the molecule is O=C(C=Cc1ccccc1)Nc1c(Cl)cc(Cl)cc1Cl. The molecule has 0 aliphatic carbocycles. The summed E-state index contributed by atoms with van der Waals surface area (Å²) in [7, 11) is 0. The minimum absolute atomic E-state index is 0.295. The fraction of sp³-hybridized carbons (Fsp3) is 0. The molecule has 0 unspecified atom stereocenters. The highest BCUT2D eigenvalue weighted by molar-refractivity contribution is 6.42. The fourth-order valence-corrected chi connectivity index (χ4v) is 2.47. The first-order valence-corrected chi connectivity index (χ1v) is 6.88. The molecule has 0 aromatic heterocycles. The van der Waals surface area contributed by atoms with E-state index in [0.29, 0.717) is 20.8 Å². The van der Waals surface area contributed by atoms with Gasteiger partial charge >= 0.3 is 0 Å². The van der Waals surface area contributed by atoms with E-state index in [1.54, 1.807) is 6.08 Å². The van der Waals surface area contributed by atoms with E-state index in [1.165, 1.54) is 18.2 Å². The van der Waals surface area contributed by atoms with Crippen LogP contribution in [0.15, 0.2) is 48.5 Å². The summed E-state index contributed by atoms with van der Waals surface area (Å²) in [6.07, 6.45) is 3.11. The van der Waals surface area contributed by atoms with E-state index in [-0.39, 0.29) is 5.91 Å². The van der Waals surface area contributed by atoms with E-state index < -0.39 is 0 Å². The molecule has 2 nitrogen and oxygen atoms in total. The third-order valence-electron chi connectivity index (χ3n) is 2.48. The maximum Gasteiger partial charge on any atom is 0.248 e. The first kappa shape index (κ1) is 14.9. The van der Waals surface area contributed by atoms with Crippen molar-refractivity contribution in [3.63, 3.8) is 0 Å². The van der Waals surface area contributed by atoms with Crippen molar-refractivity contribution in [1.82, 2.24) is 0 Å². The van der Waals surface area contributed by atoms with Crippen LogP contribution in [0, 0.1) is 0 Å². The number of nitrogens with one attached hydrogen (secondary N) is 1. The Hall–Kier alpha value is -1.48. The number of benzene rings is 2. The zero-order valence-electron chi connectivity index (χ0n) is 10.2. The van der Waals surface area contributed by atoms with Gasteiger partial charge in [0.1, 0.15) is 0 Å². The zero-order chi connectivity index (χ0) is 14.5. The predicted octanol–water partition coefficient (Wildman–Crippen LogP) is 5.30. The van der Waals surface area contributed by atoms with Crippen LogP contribution in [-0.2, 0) is 4.79 Å². The van der Waals surface area contributed by atoms with Crippen LogP contribution in [-0.4, -0.2) is 5.91 Å². The third-order valence-corrected chi connectivity index (χ3v) is 3.30. The van der Waals surface area contributed by atoms with Gasteiger partial charge in [0.05, 0.1) is 15.7 Å². The molecule has 1 amide bonds. The van der Waals surface area contributed by atoms with Crippen molar-refractivity contribution >= 4 is 52.5 Å². The number of halogens is 3. The predicted molar refractivity (Wildman–Crippen MR) is 85.6 cm³/mol. The first-order valence-electron chi connectivity index (χ1n) is 5.75. The number of hydrogen-bond donors (Lipinski definition) is 1. The van der Waals surface area contributed by atoms with Crippen molar-refractivity contribution in [3.05, 3.63) is 69.2 Å². The van der Waals surface area contributed by atoms with E-state index in [9.17, 15) is 4.79 Å². The fourth-order valence-electron chi connectivity index (χ4n) is 1.56. The van der Waals surface area contributed by atoms with Crippen LogP contribution in [0.4, 0.5) is 5.69 Å².